The molecule has 23 heavy (non-hydrogen) atoms. The highest BCUT2D eigenvalue weighted by atomic mass is 16.6. The van der Waals surface area contributed by atoms with Gasteiger partial charge in [0, 0.05) is 12.1 Å². The highest BCUT2D eigenvalue weighted by Crippen LogP contribution is 2.35. The molecule has 0 saturated heterocycles. The van der Waals surface area contributed by atoms with E-state index in [1.165, 1.54) is 19.2 Å². The number of aryl methyl sites for hydroxylation is 2. The number of methoxy groups -OCH3 is 2. The Kier molecular flexibility index (Phi) is 4.64. The molecule has 0 heterocycles. The Labute approximate surface area is 133 Å². The number of rotatable bonds is 4. The normalized spacial score (nSPS) is 10.3. The number of carbonyl (C=O) groups excluding carboxylic acids is 1. The summed E-state index contributed by atoms with van der Waals surface area (Å²) in [5.74, 6) is 0.0215. The summed E-state index contributed by atoms with van der Waals surface area (Å²) < 4.78 is 10.0. The molecule has 0 atom stereocenters. The summed E-state index contributed by atoms with van der Waals surface area (Å²) >= 11 is 0. The number of nitro benzene ring substituents is 1. The molecule has 2 aromatic carbocycles. The highest BCUT2D eigenvalue weighted by molar-refractivity contribution is 5.99. The van der Waals surface area contributed by atoms with Crippen molar-refractivity contribution in [2.75, 3.05) is 14.2 Å². The van der Waals surface area contributed by atoms with Gasteiger partial charge in [-0.2, -0.15) is 0 Å². The van der Waals surface area contributed by atoms with Crippen molar-refractivity contribution in [2.24, 2.45) is 0 Å². The number of carbonyl (C=O) groups is 1. The molecule has 0 spiro atoms. The van der Waals surface area contributed by atoms with Crippen molar-refractivity contribution in [2.45, 2.75) is 13.8 Å². The van der Waals surface area contributed by atoms with Crippen LogP contribution in [0.1, 0.15) is 21.5 Å². The molecule has 0 aromatic heterocycles. The number of hydrogen-bond donors (Lipinski definition) is 0. The maximum atomic E-state index is 12.1. The van der Waals surface area contributed by atoms with Crippen LogP contribution in [0.15, 0.2) is 30.3 Å². The van der Waals surface area contributed by atoms with E-state index in [4.69, 9.17) is 9.47 Å². The topological polar surface area (TPSA) is 78.7 Å². The van der Waals surface area contributed by atoms with Gasteiger partial charge in [-0.05, 0) is 48.2 Å². The lowest BCUT2D eigenvalue weighted by atomic mass is 9.91. The van der Waals surface area contributed by atoms with E-state index in [2.05, 4.69) is 0 Å². The molecule has 2 rings (SSSR count). The maximum absolute atomic E-state index is 12.1. The minimum absolute atomic E-state index is 0.146. The second kappa shape index (κ2) is 6.48. The molecule has 0 radical (unpaired) electrons. The first kappa shape index (κ1) is 16.5. The maximum Gasteiger partial charge on any atom is 0.338 e. The molecule has 0 aliphatic heterocycles. The number of nitro groups is 1. The Bertz CT molecular complexity index is 783. The molecule has 2 aromatic rings. The van der Waals surface area contributed by atoms with Crippen molar-refractivity contribution in [3.05, 3.63) is 57.1 Å². The fourth-order valence-electron chi connectivity index (χ4n) is 2.50. The van der Waals surface area contributed by atoms with Crippen molar-refractivity contribution in [1.29, 1.82) is 0 Å². The average Bonchev–Trinajstić information content (AvgIpc) is 2.54. The molecule has 0 unspecified atom stereocenters. The van der Waals surface area contributed by atoms with Gasteiger partial charge in [0.05, 0.1) is 24.7 Å². The van der Waals surface area contributed by atoms with Crippen molar-refractivity contribution < 1.29 is 19.2 Å². The average molecular weight is 315 g/mol. The second-order valence-corrected chi connectivity index (χ2v) is 5.11. The van der Waals surface area contributed by atoms with Gasteiger partial charge in [0.2, 0.25) is 0 Å². The van der Waals surface area contributed by atoms with Crippen LogP contribution in [-0.2, 0) is 4.74 Å². The van der Waals surface area contributed by atoms with Crippen LogP contribution >= 0.6 is 0 Å². The van der Waals surface area contributed by atoms with Gasteiger partial charge in [0.15, 0.2) is 0 Å². The van der Waals surface area contributed by atoms with Crippen molar-refractivity contribution in [3.63, 3.8) is 0 Å². The first-order valence-electron chi connectivity index (χ1n) is 6.91. The Balaban J connectivity index is 2.80. The monoisotopic (exact) mass is 315 g/mol. The predicted octanol–water partition coefficient (Wildman–Crippen LogP) is 3.67. The molecule has 0 saturated carbocycles. The number of esters is 1. The Morgan fingerprint density at radius 3 is 2.35 bits per heavy atom. The molecule has 0 amide bonds. The van der Waals surface area contributed by atoms with Crippen LogP contribution in [0.5, 0.6) is 5.75 Å². The fraction of sp³-hybridized carbons (Fsp3) is 0.235. The van der Waals surface area contributed by atoms with Gasteiger partial charge in [-0.1, -0.05) is 6.07 Å². The summed E-state index contributed by atoms with van der Waals surface area (Å²) in [6.45, 7) is 3.63. The lowest BCUT2D eigenvalue weighted by molar-refractivity contribution is -0.384. The van der Waals surface area contributed by atoms with E-state index < -0.39 is 10.9 Å². The van der Waals surface area contributed by atoms with E-state index >= 15 is 0 Å². The predicted molar refractivity (Wildman–Crippen MR) is 85.9 cm³/mol. The largest absolute Gasteiger partial charge is 0.497 e. The molecular weight excluding hydrogens is 298 g/mol. The molecule has 6 heteroatoms. The van der Waals surface area contributed by atoms with Crippen molar-refractivity contribution in [1.82, 2.24) is 0 Å². The van der Waals surface area contributed by atoms with Crippen LogP contribution < -0.4 is 4.74 Å². The third kappa shape index (κ3) is 3.15. The summed E-state index contributed by atoms with van der Waals surface area (Å²) in [6, 6.07) is 8.18. The van der Waals surface area contributed by atoms with Gasteiger partial charge in [-0.15, -0.1) is 0 Å². The molecule has 0 N–H and O–H groups in total. The Morgan fingerprint density at radius 2 is 1.78 bits per heavy atom. The summed E-state index contributed by atoms with van der Waals surface area (Å²) in [7, 11) is 2.80. The quantitative estimate of drug-likeness (QED) is 0.488. The minimum atomic E-state index is -0.617. The number of hydrogen-bond acceptors (Lipinski definition) is 5. The second-order valence-electron chi connectivity index (χ2n) is 5.11. The molecule has 0 fully saturated rings. The van der Waals surface area contributed by atoms with E-state index in [9.17, 15) is 14.9 Å². The van der Waals surface area contributed by atoms with Gasteiger partial charge in [0.25, 0.3) is 5.69 Å². The molecule has 0 bridgehead atoms. The van der Waals surface area contributed by atoms with E-state index in [0.717, 1.165) is 11.1 Å². The van der Waals surface area contributed by atoms with Gasteiger partial charge < -0.3 is 9.47 Å². The number of ether oxygens (including phenoxy) is 2. The van der Waals surface area contributed by atoms with E-state index in [0.29, 0.717) is 16.9 Å². The SMILES string of the molecule is COC(=O)c1cc([N+](=O)[O-])cc(C)c1-c1cc(OC)ccc1C. The lowest BCUT2D eigenvalue weighted by Gasteiger charge is -2.15. The first-order chi connectivity index (χ1) is 10.9. The van der Waals surface area contributed by atoms with Gasteiger partial charge in [0.1, 0.15) is 5.75 Å². The zero-order valence-electron chi connectivity index (χ0n) is 13.4. The molecule has 120 valence electrons. The molecular formula is C17H17NO5. The highest BCUT2D eigenvalue weighted by Gasteiger charge is 2.22. The Morgan fingerprint density at radius 1 is 1.09 bits per heavy atom. The lowest BCUT2D eigenvalue weighted by Crippen LogP contribution is -2.07. The van der Waals surface area contributed by atoms with E-state index in [1.807, 2.05) is 19.1 Å². The molecule has 0 aliphatic rings. The van der Waals surface area contributed by atoms with Crippen molar-refractivity contribution >= 4 is 11.7 Å². The summed E-state index contributed by atoms with van der Waals surface area (Å²) in [4.78, 5) is 22.7. The van der Waals surface area contributed by atoms with Crippen LogP contribution in [-0.4, -0.2) is 25.1 Å². The van der Waals surface area contributed by atoms with Crippen LogP contribution in [0.3, 0.4) is 0 Å². The first-order valence-corrected chi connectivity index (χ1v) is 6.91. The van der Waals surface area contributed by atoms with Crippen molar-refractivity contribution in [3.8, 4) is 16.9 Å². The standard InChI is InChI=1S/C17H17NO5/c1-10-5-6-13(22-3)9-14(10)16-11(2)7-12(18(20)21)8-15(16)17(19)23-4/h5-9H,1-4H3. The zero-order chi connectivity index (χ0) is 17.1. The smallest absolute Gasteiger partial charge is 0.338 e. The minimum Gasteiger partial charge on any atom is -0.497 e. The third-order valence-corrected chi connectivity index (χ3v) is 3.65. The van der Waals surface area contributed by atoms with E-state index in [-0.39, 0.29) is 11.3 Å². The number of non-ortho nitro benzene ring substituents is 1. The fourth-order valence-corrected chi connectivity index (χ4v) is 2.50. The zero-order valence-corrected chi connectivity index (χ0v) is 13.4. The summed E-state index contributed by atoms with van der Waals surface area (Å²) in [6.07, 6.45) is 0. The van der Waals surface area contributed by atoms with E-state index in [1.54, 1.807) is 20.1 Å². The van der Waals surface area contributed by atoms with Crippen LogP contribution in [0.4, 0.5) is 5.69 Å². The molecule has 6 nitrogen and oxygen atoms in total. The Hall–Kier alpha value is -2.89. The number of benzene rings is 2. The molecule has 0 aliphatic carbocycles. The van der Waals surface area contributed by atoms with Crippen LogP contribution in [0.25, 0.3) is 11.1 Å². The van der Waals surface area contributed by atoms with Crippen LogP contribution in [0, 0.1) is 24.0 Å². The number of nitrogens with zero attached hydrogens (tertiary/aromatic N) is 1. The third-order valence-electron chi connectivity index (χ3n) is 3.65. The van der Waals surface area contributed by atoms with Crippen LogP contribution in [0.2, 0.25) is 0 Å². The van der Waals surface area contributed by atoms with Gasteiger partial charge >= 0.3 is 5.97 Å². The van der Waals surface area contributed by atoms with Gasteiger partial charge in [-0.3, -0.25) is 10.1 Å². The summed E-state index contributed by atoms with van der Waals surface area (Å²) in [5.41, 5.74) is 2.95. The van der Waals surface area contributed by atoms with Gasteiger partial charge in [-0.25, -0.2) is 4.79 Å². The summed E-state index contributed by atoms with van der Waals surface area (Å²) in [5, 5.41) is 11.1.